The van der Waals surface area contributed by atoms with E-state index in [2.05, 4.69) is 26.5 Å². The molecule has 3 rings (SSSR count). The number of aromatic nitrogens is 1. The molecule has 3 aromatic rings. The summed E-state index contributed by atoms with van der Waals surface area (Å²) >= 11 is 3.35. The van der Waals surface area contributed by atoms with Crippen LogP contribution in [0.1, 0.15) is 37.7 Å². The summed E-state index contributed by atoms with van der Waals surface area (Å²) < 4.78 is 12.8. The van der Waals surface area contributed by atoms with Gasteiger partial charge in [-0.25, -0.2) is 10.2 Å². The van der Waals surface area contributed by atoms with Crippen LogP contribution in [-0.2, 0) is 4.74 Å². The summed E-state index contributed by atoms with van der Waals surface area (Å²) in [5.74, 6) is -0.314. The fourth-order valence-electron chi connectivity index (χ4n) is 3.28. The van der Waals surface area contributed by atoms with Crippen molar-refractivity contribution < 1.29 is 19.1 Å². The minimum absolute atomic E-state index is 0.374. The van der Waals surface area contributed by atoms with Crippen molar-refractivity contribution in [3.8, 4) is 11.4 Å². The van der Waals surface area contributed by atoms with Gasteiger partial charge in [0.15, 0.2) is 0 Å². The van der Waals surface area contributed by atoms with Crippen LogP contribution in [0.25, 0.3) is 5.69 Å². The van der Waals surface area contributed by atoms with Crippen molar-refractivity contribution >= 4 is 34.0 Å². The Balaban J connectivity index is 1.83. The molecule has 0 unspecified atom stereocenters. The first kappa shape index (κ1) is 22.3. The third kappa shape index (κ3) is 4.86. The summed E-state index contributed by atoms with van der Waals surface area (Å²) in [7, 11) is 2.86. The molecule has 0 fully saturated rings. The summed E-state index contributed by atoms with van der Waals surface area (Å²) in [5, 5.41) is 4.11. The average molecular weight is 484 g/mol. The molecule has 8 heteroatoms. The highest BCUT2D eigenvalue weighted by Crippen LogP contribution is 2.23. The van der Waals surface area contributed by atoms with Crippen molar-refractivity contribution in [3.05, 3.63) is 81.1 Å². The lowest BCUT2D eigenvalue weighted by Crippen LogP contribution is -2.18. The van der Waals surface area contributed by atoms with E-state index in [0.29, 0.717) is 16.9 Å². The topological polar surface area (TPSA) is 81.9 Å². The molecule has 160 valence electrons. The van der Waals surface area contributed by atoms with Gasteiger partial charge in [0.1, 0.15) is 5.75 Å². The number of methoxy groups -OCH3 is 2. The molecule has 1 amide bonds. The van der Waals surface area contributed by atoms with Crippen LogP contribution in [0.4, 0.5) is 0 Å². The number of benzene rings is 2. The number of ether oxygens (including phenoxy) is 2. The number of hydrogen-bond acceptors (Lipinski definition) is 5. The zero-order chi connectivity index (χ0) is 22.5. The Bertz CT molecular complexity index is 1170. The van der Waals surface area contributed by atoms with E-state index in [0.717, 1.165) is 27.1 Å². The van der Waals surface area contributed by atoms with Gasteiger partial charge in [0.25, 0.3) is 5.91 Å². The number of hydrazone groups is 1. The van der Waals surface area contributed by atoms with Crippen LogP contribution in [0, 0.1) is 13.8 Å². The van der Waals surface area contributed by atoms with E-state index in [9.17, 15) is 9.59 Å². The molecule has 31 heavy (non-hydrogen) atoms. The predicted molar refractivity (Wildman–Crippen MR) is 122 cm³/mol. The molecule has 0 spiro atoms. The second kappa shape index (κ2) is 9.61. The average Bonchev–Trinajstić information content (AvgIpc) is 3.06. The fraction of sp³-hybridized carbons (Fsp3) is 0.174. The molecule has 0 bridgehead atoms. The van der Waals surface area contributed by atoms with Crippen LogP contribution in [0.15, 0.2) is 58.1 Å². The van der Waals surface area contributed by atoms with Crippen molar-refractivity contribution in [2.75, 3.05) is 14.2 Å². The summed E-state index contributed by atoms with van der Waals surface area (Å²) in [6.07, 6.45) is 1.59. The molecular formula is C23H22BrN3O4. The summed E-state index contributed by atoms with van der Waals surface area (Å²) in [6, 6.07) is 14.3. The Hall–Kier alpha value is -3.39. The zero-order valence-electron chi connectivity index (χ0n) is 17.6. The lowest BCUT2D eigenvalue weighted by atomic mass is 10.2. The van der Waals surface area contributed by atoms with Gasteiger partial charge in [-0.1, -0.05) is 22.0 Å². The number of rotatable bonds is 6. The highest BCUT2D eigenvalue weighted by atomic mass is 79.9. The maximum absolute atomic E-state index is 12.5. The van der Waals surface area contributed by atoms with Crippen molar-refractivity contribution in [1.29, 1.82) is 0 Å². The maximum atomic E-state index is 12.5. The number of amides is 1. The van der Waals surface area contributed by atoms with Gasteiger partial charge < -0.3 is 14.0 Å². The Morgan fingerprint density at radius 1 is 1.10 bits per heavy atom. The summed E-state index contributed by atoms with van der Waals surface area (Å²) in [4.78, 5) is 24.4. The van der Waals surface area contributed by atoms with Gasteiger partial charge in [-0.05, 0) is 56.3 Å². The number of nitrogens with zero attached hydrogens (tertiary/aromatic N) is 2. The van der Waals surface area contributed by atoms with Crippen molar-refractivity contribution in [2.45, 2.75) is 13.8 Å². The minimum atomic E-state index is -0.392. The highest BCUT2D eigenvalue weighted by Gasteiger charge is 2.14. The molecule has 1 aromatic heterocycles. The van der Waals surface area contributed by atoms with Crippen LogP contribution in [0.3, 0.4) is 0 Å². The first-order valence-electron chi connectivity index (χ1n) is 9.40. The van der Waals surface area contributed by atoms with Crippen LogP contribution in [0.5, 0.6) is 5.75 Å². The van der Waals surface area contributed by atoms with E-state index in [1.54, 1.807) is 42.6 Å². The molecule has 0 saturated heterocycles. The van der Waals surface area contributed by atoms with Crippen LogP contribution in [0.2, 0.25) is 0 Å². The third-order valence-electron chi connectivity index (χ3n) is 4.77. The predicted octanol–water partition coefficient (Wildman–Crippen LogP) is 4.42. The normalized spacial score (nSPS) is 10.9. The van der Waals surface area contributed by atoms with E-state index in [-0.39, 0.29) is 5.91 Å². The van der Waals surface area contributed by atoms with Gasteiger partial charge in [0.05, 0.1) is 31.6 Å². The first-order valence-corrected chi connectivity index (χ1v) is 10.2. The summed E-state index contributed by atoms with van der Waals surface area (Å²) in [5.41, 5.74) is 6.92. The van der Waals surface area contributed by atoms with Gasteiger partial charge in [-0.3, -0.25) is 4.79 Å². The Kier molecular flexibility index (Phi) is 6.91. The molecular weight excluding hydrogens is 462 g/mol. The van der Waals surface area contributed by atoms with E-state index < -0.39 is 5.97 Å². The van der Waals surface area contributed by atoms with E-state index >= 15 is 0 Å². The number of esters is 1. The smallest absolute Gasteiger partial charge is 0.337 e. The third-order valence-corrected chi connectivity index (χ3v) is 5.26. The fourth-order valence-corrected chi connectivity index (χ4v) is 3.64. The molecule has 1 N–H and O–H groups in total. The minimum Gasteiger partial charge on any atom is -0.496 e. The van der Waals surface area contributed by atoms with Crippen LogP contribution in [-0.4, -0.2) is 36.9 Å². The number of carbonyl (C=O) groups is 2. The zero-order valence-corrected chi connectivity index (χ0v) is 19.2. The monoisotopic (exact) mass is 483 g/mol. The molecule has 0 atom stereocenters. The molecule has 7 nitrogen and oxygen atoms in total. The van der Waals surface area contributed by atoms with Gasteiger partial charge in [-0.2, -0.15) is 5.10 Å². The Morgan fingerprint density at radius 3 is 2.58 bits per heavy atom. The molecule has 2 aromatic carbocycles. The molecule has 1 heterocycles. The van der Waals surface area contributed by atoms with E-state index in [4.69, 9.17) is 9.47 Å². The van der Waals surface area contributed by atoms with Crippen molar-refractivity contribution in [3.63, 3.8) is 0 Å². The molecule has 0 saturated carbocycles. The molecule has 0 aliphatic rings. The van der Waals surface area contributed by atoms with Crippen LogP contribution < -0.4 is 10.2 Å². The molecule has 0 aliphatic carbocycles. The largest absolute Gasteiger partial charge is 0.496 e. The number of hydrogen-bond donors (Lipinski definition) is 1. The Labute approximate surface area is 188 Å². The highest BCUT2D eigenvalue weighted by molar-refractivity contribution is 9.10. The van der Waals surface area contributed by atoms with Crippen LogP contribution >= 0.6 is 15.9 Å². The number of aryl methyl sites for hydroxylation is 1. The number of nitrogens with one attached hydrogen (secondary N) is 1. The van der Waals surface area contributed by atoms with Crippen molar-refractivity contribution in [2.24, 2.45) is 5.10 Å². The van der Waals surface area contributed by atoms with Gasteiger partial charge in [-0.15, -0.1) is 0 Å². The lowest BCUT2D eigenvalue weighted by Gasteiger charge is -2.11. The quantitative estimate of drug-likeness (QED) is 0.319. The maximum Gasteiger partial charge on any atom is 0.337 e. The first-order chi connectivity index (χ1) is 14.8. The van der Waals surface area contributed by atoms with Gasteiger partial charge in [0.2, 0.25) is 0 Å². The Morgan fingerprint density at radius 2 is 1.87 bits per heavy atom. The standard InChI is InChI=1S/C23H22BrN3O4/c1-14-10-17(13-25-26-22(28)20-12-18(24)8-9-21(20)30-3)15(2)27(14)19-7-5-6-16(11-19)23(29)31-4/h5-13H,1-4H3,(H,26,28)/b25-13-. The van der Waals surface area contributed by atoms with E-state index in [1.165, 1.54) is 14.2 Å². The van der Waals surface area contributed by atoms with Gasteiger partial charge >= 0.3 is 5.97 Å². The SMILES string of the molecule is COC(=O)c1cccc(-n2c(C)cc(/C=N\NC(=O)c3cc(Br)ccc3OC)c2C)c1. The molecule has 0 aliphatic heterocycles. The summed E-state index contributed by atoms with van der Waals surface area (Å²) in [6.45, 7) is 3.90. The van der Waals surface area contributed by atoms with E-state index in [1.807, 2.05) is 30.5 Å². The second-order valence-electron chi connectivity index (χ2n) is 6.75. The number of carbonyl (C=O) groups excluding carboxylic acids is 2. The van der Waals surface area contributed by atoms with Crippen molar-refractivity contribution in [1.82, 2.24) is 9.99 Å². The number of halogens is 1. The molecule has 0 radical (unpaired) electrons. The second-order valence-corrected chi connectivity index (χ2v) is 7.66. The lowest BCUT2D eigenvalue weighted by molar-refractivity contribution is 0.0600. The van der Waals surface area contributed by atoms with Gasteiger partial charge in [0, 0.05) is 27.1 Å².